The molecule has 0 atom stereocenters. The fraction of sp³-hybridized carbons (Fsp3) is 0.333. The van der Waals surface area contributed by atoms with Gasteiger partial charge in [0.2, 0.25) is 0 Å². The van der Waals surface area contributed by atoms with Crippen LogP contribution in [0, 0.1) is 17.1 Å². The Balaban J connectivity index is 2.37. The van der Waals surface area contributed by atoms with Crippen molar-refractivity contribution in [3.05, 3.63) is 29.6 Å². The van der Waals surface area contributed by atoms with Gasteiger partial charge in [-0.05, 0) is 31.0 Å². The van der Waals surface area contributed by atoms with Gasteiger partial charge in [-0.3, -0.25) is 4.79 Å². The SMILES string of the molecule is N#Cc1cc(NCCCCC(=O)O)ccc1F. The van der Waals surface area contributed by atoms with Crippen LogP contribution in [0.2, 0.25) is 0 Å². The molecule has 0 aromatic heterocycles. The molecule has 0 saturated carbocycles. The number of carbonyl (C=O) groups is 1. The van der Waals surface area contributed by atoms with Crippen LogP contribution in [0.4, 0.5) is 10.1 Å². The molecule has 0 aliphatic heterocycles. The second-order valence-electron chi connectivity index (χ2n) is 3.58. The lowest BCUT2D eigenvalue weighted by Crippen LogP contribution is -2.03. The van der Waals surface area contributed by atoms with Crippen molar-refractivity contribution < 1.29 is 14.3 Å². The van der Waals surface area contributed by atoms with Crippen LogP contribution in [0.5, 0.6) is 0 Å². The Labute approximate surface area is 98.7 Å². The lowest BCUT2D eigenvalue weighted by molar-refractivity contribution is -0.137. The molecule has 1 aromatic rings. The minimum absolute atomic E-state index is 0.000496. The molecule has 0 aliphatic rings. The fourth-order valence-corrected chi connectivity index (χ4v) is 1.35. The first-order valence-corrected chi connectivity index (χ1v) is 5.29. The van der Waals surface area contributed by atoms with Gasteiger partial charge in [-0.1, -0.05) is 0 Å². The van der Waals surface area contributed by atoms with Gasteiger partial charge in [0.15, 0.2) is 0 Å². The number of unbranched alkanes of at least 4 members (excludes halogenated alkanes) is 1. The Hall–Kier alpha value is -2.09. The normalized spacial score (nSPS) is 9.65. The van der Waals surface area contributed by atoms with Gasteiger partial charge in [0.1, 0.15) is 11.9 Å². The quantitative estimate of drug-likeness (QED) is 0.743. The largest absolute Gasteiger partial charge is 0.481 e. The van der Waals surface area contributed by atoms with E-state index in [0.717, 1.165) is 0 Å². The van der Waals surface area contributed by atoms with Crippen molar-refractivity contribution in [2.24, 2.45) is 0 Å². The van der Waals surface area contributed by atoms with Crippen LogP contribution in [0.1, 0.15) is 24.8 Å². The molecule has 0 saturated heterocycles. The summed E-state index contributed by atoms with van der Waals surface area (Å²) in [6.45, 7) is 0.601. The molecular formula is C12H13FN2O2. The van der Waals surface area contributed by atoms with Crippen LogP contribution in [-0.2, 0) is 4.79 Å². The van der Waals surface area contributed by atoms with Gasteiger partial charge in [0, 0.05) is 18.7 Å². The molecule has 90 valence electrons. The van der Waals surface area contributed by atoms with Crippen molar-refractivity contribution in [1.82, 2.24) is 0 Å². The fourth-order valence-electron chi connectivity index (χ4n) is 1.35. The van der Waals surface area contributed by atoms with Crippen molar-refractivity contribution in [2.75, 3.05) is 11.9 Å². The molecule has 0 amide bonds. The number of nitriles is 1. The molecule has 5 heteroatoms. The average Bonchev–Trinajstić information content (AvgIpc) is 2.30. The number of carboxylic acids is 1. The summed E-state index contributed by atoms with van der Waals surface area (Å²) in [5, 5.41) is 20.1. The maximum Gasteiger partial charge on any atom is 0.303 e. The molecular weight excluding hydrogens is 223 g/mol. The second-order valence-corrected chi connectivity index (χ2v) is 3.58. The second kappa shape index (κ2) is 6.48. The molecule has 0 spiro atoms. The first-order chi connectivity index (χ1) is 8.13. The summed E-state index contributed by atoms with van der Waals surface area (Å²) in [6.07, 6.45) is 1.45. The van der Waals surface area contributed by atoms with Gasteiger partial charge in [0.05, 0.1) is 5.56 Å². The Bertz CT molecular complexity index is 441. The maximum absolute atomic E-state index is 13.0. The molecule has 0 radical (unpaired) electrons. The Morgan fingerprint density at radius 2 is 2.24 bits per heavy atom. The predicted octanol–water partition coefficient (Wildman–Crippen LogP) is 2.36. The van der Waals surface area contributed by atoms with E-state index in [1.807, 2.05) is 0 Å². The summed E-state index contributed by atoms with van der Waals surface area (Å²) in [4.78, 5) is 10.3. The zero-order valence-electron chi connectivity index (χ0n) is 9.24. The highest BCUT2D eigenvalue weighted by Gasteiger charge is 2.02. The van der Waals surface area contributed by atoms with E-state index in [1.165, 1.54) is 12.1 Å². The van der Waals surface area contributed by atoms with Crippen molar-refractivity contribution in [1.29, 1.82) is 5.26 Å². The smallest absolute Gasteiger partial charge is 0.303 e. The predicted molar refractivity (Wildman–Crippen MR) is 61.1 cm³/mol. The first kappa shape index (κ1) is 13.0. The van der Waals surface area contributed by atoms with Crippen LogP contribution >= 0.6 is 0 Å². The van der Waals surface area contributed by atoms with Gasteiger partial charge >= 0.3 is 5.97 Å². The van der Waals surface area contributed by atoms with Crippen molar-refractivity contribution >= 4 is 11.7 Å². The monoisotopic (exact) mass is 236 g/mol. The highest BCUT2D eigenvalue weighted by atomic mass is 19.1. The number of nitrogens with zero attached hydrogens (tertiary/aromatic N) is 1. The summed E-state index contributed by atoms with van der Waals surface area (Å²) >= 11 is 0. The molecule has 4 nitrogen and oxygen atoms in total. The molecule has 0 aliphatic carbocycles. The molecule has 2 N–H and O–H groups in total. The third-order valence-corrected chi connectivity index (χ3v) is 2.23. The van der Waals surface area contributed by atoms with Gasteiger partial charge in [-0.25, -0.2) is 4.39 Å². The lowest BCUT2D eigenvalue weighted by Gasteiger charge is -2.06. The molecule has 1 rings (SSSR count). The van der Waals surface area contributed by atoms with E-state index in [1.54, 1.807) is 12.1 Å². The highest BCUT2D eigenvalue weighted by Crippen LogP contribution is 2.13. The van der Waals surface area contributed by atoms with Gasteiger partial charge in [-0.2, -0.15) is 5.26 Å². The van der Waals surface area contributed by atoms with Gasteiger partial charge in [0.25, 0.3) is 0 Å². The Kier molecular flexibility index (Phi) is 4.95. The van der Waals surface area contributed by atoms with Crippen LogP contribution in [0.15, 0.2) is 18.2 Å². The number of rotatable bonds is 6. The van der Waals surface area contributed by atoms with Crippen LogP contribution in [-0.4, -0.2) is 17.6 Å². The number of nitrogens with one attached hydrogen (secondary N) is 1. The van der Waals surface area contributed by atoms with E-state index in [4.69, 9.17) is 10.4 Å². The summed E-state index contributed by atoms with van der Waals surface area (Å²) in [7, 11) is 0. The Morgan fingerprint density at radius 1 is 1.47 bits per heavy atom. The number of hydrogen-bond donors (Lipinski definition) is 2. The lowest BCUT2D eigenvalue weighted by atomic mass is 10.2. The zero-order chi connectivity index (χ0) is 12.7. The summed E-state index contributed by atoms with van der Waals surface area (Å²) in [6, 6.07) is 5.98. The maximum atomic E-state index is 13.0. The number of aliphatic carboxylic acids is 1. The third kappa shape index (κ3) is 4.51. The van der Waals surface area contributed by atoms with E-state index in [0.29, 0.717) is 25.1 Å². The topological polar surface area (TPSA) is 73.1 Å². The van der Waals surface area contributed by atoms with Crippen LogP contribution in [0.3, 0.4) is 0 Å². The first-order valence-electron chi connectivity index (χ1n) is 5.29. The molecule has 0 bridgehead atoms. The van der Waals surface area contributed by atoms with E-state index in [-0.39, 0.29) is 12.0 Å². The minimum Gasteiger partial charge on any atom is -0.481 e. The molecule has 1 aromatic carbocycles. The van der Waals surface area contributed by atoms with Crippen molar-refractivity contribution in [3.63, 3.8) is 0 Å². The minimum atomic E-state index is -0.807. The zero-order valence-corrected chi connectivity index (χ0v) is 9.24. The van der Waals surface area contributed by atoms with Gasteiger partial charge < -0.3 is 10.4 Å². The Morgan fingerprint density at radius 3 is 2.88 bits per heavy atom. The van der Waals surface area contributed by atoms with E-state index in [9.17, 15) is 9.18 Å². The van der Waals surface area contributed by atoms with E-state index in [2.05, 4.69) is 5.32 Å². The summed E-state index contributed by atoms with van der Waals surface area (Å²) < 4.78 is 13.0. The van der Waals surface area contributed by atoms with E-state index < -0.39 is 11.8 Å². The molecule has 0 unspecified atom stereocenters. The van der Waals surface area contributed by atoms with Crippen molar-refractivity contribution in [2.45, 2.75) is 19.3 Å². The van der Waals surface area contributed by atoms with Crippen LogP contribution < -0.4 is 5.32 Å². The standard InChI is InChI=1S/C12H13FN2O2/c13-11-5-4-10(7-9(11)8-14)15-6-2-1-3-12(16)17/h4-5,7,15H,1-3,6H2,(H,16,17). The molecule has 17 heavy (non-hydrogen) atoms. The number of anilines is 1. The number of halogens is 1. The number of carboxylic acid groups (broad SMARTS) is 1. The average molecular weight is 236 g/mol. The summed E-state index contributed by atoms with van der Waals surface area (Å²) in [5.74, 6) is -1.34. The number of hydrogen-bond acceptors (Lipinski definition) is 3. The van der Waals surface area contributed by atoms with Crippen molar-refractivity contribution in [3.8, 4) is 6.07 Å². The number of benzene rings is 1. The van der Waals surface area contributed by atoms with Crippen LogP contribution in [0.25, 0.3) is 0 Å². The third-order valence-electron chi connectivity index (χ3n) is 2.23. The van der Waals surface area contributed by atoms with E-state index >= 15 is 0 Å². The molecule has 0 fully saturated rings. The molecule has 0 heterocycles. The van der Waals surface area contributed by atoms with Gasteiger partial charge in [-0.15, -0.1) is 0 Å². The highest BCUT2D eigenvalue weighted by molar-refractivity contribution is 5.66. The summed E-state index contributed by atoms with van der Waals surface area (Å²) in [5.41, 5.74) is 0.666.